The van der Waals surface area contributed by atoms with E-state index in [0.29, 0.717) is 43.1 Å². The molecule has 0 radical (unpaired) electrons. The number of nitrogens with zero attached hydrogens (tertiary/aromatic N) is 2. The summed E-state index contributed by atoms with van der Waals surface area (Å²) in [4.78, 5) is 29.2. The van der Waals surface area contributed by atoms with Gasteiger partial charge in [0.05, 0.1) is 38.0 Å². The Balaban J connectivity index is 1.95. The summed E-state index contributed by atoms with van der Waals surface area (Å²) in [5, 5.41) is 12.8. The first kappa shape index (κ1) is 25.5. The topological polar surface area (TPSA) is 91.3 Å². The Morgan fingerprint density at radius 2 is 1.91 bits per heavy atom. The Hall–Kier alpha value is -3.17. The Morgan fingerprint density at radius 1 is 1.21 bits per heavy atom. The first-order chi connectivity index (χ1) is 16.1. The van der Waals surface area contributed by atoms with E-state index in [1.54, 1.807) is 32.0 Å². The highest BCUT2D eigenvalue weighted by molar-refractivity contribution is 6.02. The SMILES string of the molecule is COc1ccc(CN(C(C)=O)c2ccc(N3CCOCC3)c(C(=O)NCC(C)(C)O)c2)cc1F. The van der Waals surface area contributed by atoms with Gasteiger partial charge < -0.3 is 29.7 Å². The zero-order valence-electron chi connectivity index (χ0n) is 20.1. The largest absolute Gasteiger partial charge is 0.494 e. The molecule has 1 aliphatic rings. The Labute approximate surface area is 199 Å². The molecular weight excluding hydrogens is 441 g/mol. The number of anilines is 2. The zero-order valence-corrected chi connectivity index (χ0v) is 20.1. The number of amides is 2. The van der Waals surface area contributed by atoms with Gasteiger partial charge in [0.2, 0.25) is 5.91 Å². The number of hydrogen-bond donors (Lipinski definition) is 2. The molecule has 2 aromatic carbocycles. The lowest BCUT2D eigenvalue weighted by Crippen LogP contribution is -2.40. The molecule has 0 aromatic heterocycles. The summed E-state index contributed by atoms with van der Waals surface area (Å²) in [6.45, 7) is 7.20. The van der Waals surface area contributed by atoms with E-state index < -0.39 is 11.4 Å². The van der Waals surface area contributed by atoms with Crippen molar-refractivity contribution in [3.05, 3.63) is 53.3 Å². The van der Waals surface area contributed by atoms with Crippen molar-refractivity contribution in [3.8, 4) is 5.75 Å². The fraction of sp³-hybridized carbons (Fsp3) is 0.440. The lowest BCUT2D eigenvalue weighted by Gasteiger charge is -2.31. The molecule has 1 aliphatic heterocycles. The number of rotatable bonds is 8. The second-order valence-electron chi connectivity index (χ2n) is 8.87. The molecule has 184 valence electrons. The minimum atomic E-state index is -1.07. The summed E-state index contributed by atoms with van der Waals surface area (Å²) in [6.07, 6.45) is 0. The van der Waals surface area contributed by atoms with Gasteiger partial charge in [-0.15, -0.1) is 0 Å². The second kappa shape index (κ2) is 10.8. The molecule has 3 rings (SSSR count). The normalized spacial score (nSPS) is 14.0. The quantitative estimate of drug-likeness (QED) is 0.613. The number of nitrogens with one attached hydrogen (secondary N) is 1. The third-order valence-electron chi connectivity index (χ3n) is 5.51. The highest BCUT2D eigenvalue weighted by atomic mass is 19.1. The number of ether oxygens (including phenoxy) is 2. The fourth-order valence-corrected chi connectivity index (χ4v) is 3.72. The third-order valence-corrected chi connectivity index (χ3v) is 5.51. The van der Waals surface area contributed by atoms with Gasteiger partial charge in [0, 0.05) is 37.9 Å². The molecule has 34 heavy (non-hydrogen) atoms. The summed E-state index contributed by atoms with van der Waals surface area (Å²) >= 11 is 0. The second-order valence-corrected chi connectivity index (χ2v) is 8.87. The first-order valence-electron chi connectivity index (χ1n) is 11.2. The number of halogens is 1. The maximum atomic E-state index is 14.2. The number of hydrogen-bond acceptors (Lipinski definition) is 6. The molecule has 8 nitrogen and oxygen atoms in total. The van der Waals surface area contributed by atoms with Crippen LogP contribution in [0, 0.1) is 5.82 Å². The van der Waals surface area contributed by atoms with Crippen LogP contribution in [0.5, 0.6) is 5.75 Å². The van der Waals surface area contributed by atoms with Crippen LogP contribution >= 0.6 is 0 Å². The van der Waals surface area contributed by atoms with Crippen LogP contribution in [0.3, 0.4) is 0 Å². The average Bonchev–Trinajstić information content (AvgIpc) is 2.80. The van der Waals surface area contributed by atoms with E-state index in [-0.39, 0.29) is 30.7 Å². The molecule has 0 saturated carbocycles. The molecule has 2 amide bonds. The number of methoxy groups -OCH3 is 1. The molecule has 0 aliphatic carbocycles. The van der Waals surface area contributed by atoms with Crippen LogP contribution in [-0.2, 0) is 16.1 Å². The summed E-state index contributed by atoms with van der Waals surface area (Å²) in [5.41, 5.74) is 1.12. The van der Waals surface area contributed by atoms with Gasteiger partial charge in [-0.25, -0.2) is 4.39 Å². The van der Waals surface area contributed by atoms with Gasteiger partial charge in [0.25, 0.3) is 5.91 Å². The number of benzene rings is 2. The van der Waals surface area contributed by atoms with Crippen molar-refractivity contribution < 1.29 is 28.6 Å². The Bertz CT molecular complexity index is 1030. The first-order valence-corrected chi connectivity index (χ1v) is 11.2. The van der Waals surface area contributed by atoms with Crippen LogP contribution in [0.4, 0.5) is 15.8 Å². The van der Waals surface area contributed by atoms with Crippen LogP contribution in [0.25, 0.3) is 0 Å². The van der Waals surface area contributed by atoms with E-state index in [4.69, 9.17) is 9.47 Å². The lowest BCUT2D eigenvalue weighted by molar-refractivity contribution is -0.116. The average molecular weight is 474 g/mol. The predicted molar refractivity (Wildman–Crippen MR) is 128 cm³/mol. The van der Waals surface area contributed by atoms with Gasteiger partial charge in [0.1, 0.15) is 0 Å². The monoisotopic (exact) mass is 473 g/mol. The molecule has 1 saturated heterocycles. The fourth-order valence-electron chi connectivity index (χ4n) is 3.72. The summed E-state index contributed by atoms with van der Waals surface area (Å²) in [7, 11) is 1.39. The molecule has 0 bridgehead atoms. The molecular formula is C25H32FN3O5. The van der Waals surface area contributed by atoms with Crippen LogP contribution in [0.1, 0.15) is 36.7 Å². The van der Waals surface area contributed by atoms with Crippen LogP contribution in [-0.4, -0.2) is 62.5 Å². The molecule has 1 heterocycles. The number of carbonyl (C=O) groups is 2. The molecule has 2 N–H and O–H groups in total. The predicted octanol–water partition coefficient (Wildman–Crippen LogP) is 2.72. The Kier molecular flexibility index (Phi) is 8.11. The van der Waals surface area contributed by atoms with E-state index in [1.807, 2.05) is 6.07 Å². The van der Waals surface area contributed by atoms with E-state index in [0.717, 1.165) is 5.69 Å². The summed E-state index contributed by atoms with van der Waals surface area (Å²) < 4.78 is 24.6. The number of morpholine rings is 1. The van der Waals surface area contributed by atoms with Crippen molar-refractivity contribution in [3.63, 3.8) is 0 Å². The maximum absolute atomic E-state index is 14.2. The van der Waals surface area contributed by atoms with Gasteiger partial charge >= 0.3 is 0 Å². The summed E-state index contributed by atoms with van der Waals surface area (Å²) in [6, 6.07) is 9.78. The van der Waals surface area contributed by atoms with E-state index >= 15 is 0 Å². The molecule has 0 spiro atoms. The maximum Gasteiger partial charge on any atom is 0.253 e. The van der Waals surface area contributed by atoms with Crippen molar-refractivity contribution in [1.29, 1.82) is 0 Å². The van der Waals surface area contributed by atoms with E-state index in [1.165, 1.54) is 31.1 Å². The minimum absolute atomic E-state index is 0.0696. The van der Waals surface area contributed by atoms with Gasteiger partial charge in [-0.05, 0) is 49.7 Å². The van der Waals surface area contributed by atoms with Crippen LogP contribution < -0.4 is 19.9 Å². The van der Waals surface area contributed by atoms with Gasteiger partial charge in [0.15, 0.2) is 11.6 Å². The molecule has 9 heteroatoms. The van der Waals surface area contributed by atoms with E-state index in [2.05, 4.69) is 10.2 Å². The zero-order chi connectivity index (χ0) is 24.9. The standard InChI is InChI=1S/C25H32FN3O5/c1-17(30)29(15-18-5-8-23(33-4)21(26)13-18)19-6-7-22(28-9-11-34-12-10-28)20(14-19)24(31)27-16-25(2,3)32/h5-8,13-14,32H,9-12,15-16H2,1-4H3,(H,27,31). The molecule has 0 unspecified atom stereocenters. The van der Waals surface area contributed by atoms with Crippen molar-refractivity contribution in [2.75, 3.05) is 49.8 Å². The Morgan fingerprint density at radius 3 is 2.50 bits per heavy atom. The van der Waals surface area contributed by atoms with Crippen molar-refractivity contribution >= 4 is 23.2 Å². The molecule has 0 atom stereocenters. The summed E-state index contributed by atoms with van der Waals surface area (Å²) in [5.74, 6) is -1.00. The highest BCUT2D eigenvalue weighted by Crippen LogP contribution is 2.29. The van der Waals surface area contributed by atoms with Crippen molar-refractivity contribution in [2.24, 2.45) is 0 Å². The molecule has 2 aromatic rings. The number of carbonyl (C=O) groups excluding carboxylic acids is 2. The van der Waals surface area contributed by atoms with Crippen LogP contribution in [0.15, 0.2) is 36.4 Å². The molecule has 1 fully saturated rings. The van der Waals surface area contributed by atoms with Gasteiger partial charge in [-0.1, -0.05) is 6.07 Å². The lowest BCUT2D eigenvalue weighted by atomic mass is 10.1. The highest BCUT2D eigenvalue weighted by Gasteiger charge is 2.23. The van der Waals surface area contributed by atoms with Crippen molar-refractivity contribution in [1.82, 2.24) is 5.32 Å². The van der Waals surface area contributed by atoms with E-state index in [9.17, 15) is 19.1 Å². The van der Waals surface area contributed by atoms with Crippen LogP contribution in [0.2, 0.25) is 0 Å². The van der Waals surface area contributed by atoms with Crippen molar-refractivity contribution in [2.45, 2.75) is 32.9 Å². The third kappa shape index (κ3) is 6.45. The van der Waals surface area contributed by atoms with Gasteiger partial charge in [-0.3, -0.25) is 9.59 Å². The smallest absolute Gasteiger partial charge is 0.253 e. The number of aliphatic hydroxyl groups is 1. The minimum Gasteiger partial charge on any atom is -0.494 e. The van der Waals surface area contributed by atoms with Gasteiger partial charge in [-0.2, -0.15) is 0 Å².